The van der Waals surface area contributed by atoms with Gasteiger partial charge in [-0.25, -0.2) is 0 Å². The van der Waals surface area contributed by atoms with E-state index in [1.807, 2.05) is 18.2 Å². The average molecular weight is 595 g/mol. The molecule has 1 atom stereocenters. The number of nitrogens with zero attached hydrogens (tertiary/aromatic N) is 1. The Morgan fingerprint density at radius 1 is 0.714 bits per heavy atom. The van der Waals surface area contributed by atoms with Crippen LogP contribution >= 0.6 is 8.19 Å². The zero-order chi connectivity index (χ0) is 25.5. The topological polar surface area (TPSA) is 12.4 Å². The van der Waals surface area contributed by atoms with E-state index in [0.717, 1.165) is 11.4 Å². The second-order valence-corrected chi connectivity index (χ2v) is 19.4. The van der Waals surface area contributed by atoms with Gasteiger partial charge in [0.15, 0.2) is 0 Å². The number of benzene rings is 2. The Morgan fingerprint density at radius 2 is 1.20 bits per heavy atom. The molecule has 3 heteroatoms. The Morgan fingerprint density at radius 3 is 1.69 bits per heavy atom. The zero-order valence-electron chi connectivity index (χ0n) is 23.1. The number of rotatable bonds is 12. The van der Waals surface area contributed by atoms with Crippen molar-refractivity contribution in [2.24, 2.45) is 4.99 Å². The first-order chi connectivity index (χ1) is 17.0. The molecule has 0 saturated carbocycles. The quantitative estimate of drug-likeness (QED) is 0.146. The van der Waals surface area contributed by atoms with Crippen molar-refractivity contribution in [2.75, 3.05) is 0 Å². The van der Waals surface area contributed by atoms with Gasteiger partial charge in [0.2, 0.25) is 0 Å². The summed E-state index contributed by atoms with van der Waals surface area (Å²) in [5.41, 5.74) is 6.28. The van der Waals surface area contributed by atoms with Crippen molar-refractivity contribution in [2.45, 2.75) is 93.4 Å². The molecule has 0 bridgehead atoms. The Labute approximate surface area is 224 Å². The van der Waals surface area contributed by atoms with E-state index in [0.29, 0.717) is 8.19 Å². The molecule has 2 aromatic carbocycles. The van der Waals surface area contributed by atoms with E-state index in [9.17, 15) is 0 Å². The third-order valence-electron chi connectivity index (χ3n) is 6.69. The molecule has 0 spiro atoms. The van der Waals surface area contributed by atoms with Crippen molar-refractivity contribution in [1.82, 2.24) is 0 Å². The Kier molecular flexibility index (Phi) is 14.7. The minimum absolute atomic E-state index is 0.689. The van der Waals surface area contributed by atoms with Gasteiger partial charge < -0.3 is 0 Å². The molecule has 1 nitrogen and oxygen atoms in total. The van der Waals surface area contributed by atoms with E-state index in [4.69, 9.17) is 4.99 Å². The molecular weight excluding hydrogens is 548 g/mol. The molecule has 0 aliphatic carbocycles. The number of hydrogen-bond donors (Lipinski definition) is 0. The second-order valence-electron chi connectivity index (χ2n) is 9.58. The number of aliphatic imine (C=N–C) groups is 1. The third kappa shape index (κ3) is 10.3. The minimum atomic E-state index is -0.839. The van der Waals surface area contributed by atoms with Crippen molar-refractivity contribution < 1.29 is 0 Å². The number of para-hydroxylation sites is 1. The van der Waals surface area contributed by atoms with Gasteiger partial charge >= 0.3 is 92.4 Å². The summed E-state index contributed by atoms with van der Waals surface area (Å²) in [4.78, 5) is 4.79. The van der Waals surface area contributed by atoms with Crippen molar-refractivity contribution >= 4 is 39.4 Å². The van der Waals surface area contributed by atoms with E-state index in [1.165, 1.54) is 65.8 Å². The Hall–Kier alpha value is -1.31. The molecule has 3 rings (SSSR count). The van der Waals surface area contributed by atoms with Crippen LogP contribution in [0, 0.1) is 13.8 Å². The fraction of sp³-hybridized carbons (Fsp3) is 0.469. The molecule has 0 amide bonds. The van der Waals surface area contributed by atoms with Crippen LogP contribution in [0.1, 0.15) is 82.6 Å². The van der Waals surface area contributed by atoms with E-state index >= 15 is 0 Å². The van der Waals surface area contributed by atoms with Gasteiger partial charge in [-0.3, -0.25) is 4.99 Å². The van der Waals surface area contributed by atoms with Gasteiger partial charge in [0, 0.05) is 16.3 Å². The van der Waals surface area contributed by atoms with Crippen LogP contribution in [0.4, 0.5) is 5.69 Å². The van der Waals surface area contributed by atoms with Crippen LogP contribution in [0.15, 0.2) is 65.7 Å². The molecule has 35 heavy (non-hydrogen) atoms. The first kappa shape index (κ1) is 29.9. The summed E-state index contributed by atoms with van der Waals surface area (Å²) in [6.45, 7) is 13.6. The summed E-state index contributed by atoms with van der Waals surface area (Å²) >= 11 is -0.839. The van der Waals surface area contributed by atoms with Gasteiger partial charge in [-0.2, -0.15) is 0 Å². The van der Waals surface area contributed by atoms with Gasteiger partial charge in [-0.05, 0) is 49.6 Å². The van der Waals surface area contributed by atoms with Crippen LogP contribution in [-0.2, 0) is 0 Å². The van der Waals surface area contributed by atoms with Crippen LogP contribution in [0.2, 0.25) is 13.3 Å². The van der Waals surface area contributed by atoms with Crippen LogP contribution in [0.25, 0.3) is 10.9 Å². The molecule has 189 valence electrons. The Balaban J connectivity index is 0.000000287. The van der Waals surface area contributed by atoms with Gasteiger partial charge in [-0.15, -0.1) is 8.19 Å². The van der Waals surface area contributed by atoms with Gasteiger partial charge in [0.25, 0.3) is 0 Å². The van der Waals surface area contributed by atoms with E-state index in [1.54, 1.807) is 13.3 Å². The summed E-state index contributed by atoms with van der Waals surface area (Å²) in [6, 6.07) is 20.9. The third-order valence-corrected chi connectivity index (χ3v) is 17.7. The van der Waals surface area contributed by atoms with Gasteiger partial charge in [0.05, 0.1) is 5.69 Å². The average Bonchev–Trinajstić information content (AvgIpc) is 3.19. The predicted molar refractivity (Wildman–Crippen MR) is 164 cm³/mol. The van der Waals surface area contributed by atoms with Gasteiger partial charge in [0.1, 0.15) is 0 Å². The van der Waals surface area contributed by atoms with Crippen molar-refractivity contribution in [3.63, 3.8) is 0 Å². The molecular formula is C32H47NPSn. The summed E-state index contributed by atoms with van der Waals surface area (Å²) < 4.78 is 5.04. The van der Waals surface area contributed by atoms with Gasteiger partial charge in [-0.1, -0.05) is 48.5 Å². The number of unbranched alkanes of at least 4 members (excludes halogenated alkanes) is 3. The monoisotopic (exact) mass is 596 g/mol. The molecule has 0 fully saturated rings. The summed E-state index contributed by atoms with van der Waals surface area (Å²) in [7, 11) is 0.689. The second kappa shape index (κ2) is 17.2. The van der Waals surface area contributed by atoms with Crippen LogP contribution < -0.4 is 0 Å². The van der Waals surface area contributed by atoms with Crippen LogP contribution in [-0.4, -0.2) is 25.5 Å². The summed E-state index contributed by atoms with van der Waals surface area (Å²) in [6.07, 6.45) is 8.85. The van der Waals surface area contributed by atoms with Crippen molar-refractivity contribution in [3.8, 4) is 10.9 Å². The SMILES string of the molecule is CC(=Nc1ccccc1)c1[pH]c(-c2ccccc2)c(C)c1C.CCC[CH2][Sn]([CH2]CCC)[CH2]CCC. The van der Waals surface area contributed by atoms with Crippen LogP contribution in [0.3, 0.4) is 0 Å². The molecule has 1 heterocycles. The molecule has 1 radical (unpaired) electrons. The summed E-state index contributed by atoms with van der Waals surface area (Å²) in [5.74, 6) is 0. The number of hydrogen-bond acceptors (Lipinski definition) is 1. The van der Waals surface area contributed by atoms with Crippen molar-refractivity contribution in [3.05, 3.63) is 77.1 Å². The predicted octanol–water partition coefficient (Wildman–Crippen LogP) is 11.0. The van der Waals surface area contributed by atoms with Crippen LogP contribution in [0.5, 0.6) is 0 Å². The normalized spacial score (nSPS) is 11.7. The summed E-state index contributed by atoms with van der Waals surface area (Å²) in [5, 5.41) is 2.84. The molecule has 0 aliphatic heterocycles. The molecule has 0 saturated heterocycles. The molecule has 3 aromatic rings. The molecule has 1 unspecified atom stereocenters. The fourth-order valence-corrected chi connectivity index (χ4v) is 15.3. The maximum atomic E-state index is 4.79. The molecule has 1 aromatic heterocycles. The Bertz CT molecular complexity index is 972. The first-order valence-corrected chi connectivity index (χ1v) is 20.8. The fourth-order valence-electron chi connectivity index (χ4n) is 4.35. The zero-order valence-corrected chi connectivity index (χ0v) is 26.9. The molecule has 0 aliphatic rings. The first-order valence-electron chi connectivity index (χ1n) is 13.7. The van der Waals surface area contributed by atoms with E-state index in [-0.39, 0.29) is 0 Å². The van der Waals surface area contributed by atoms with E-state index in [2.05, 4.69) is 84.0 Å². The van der Waals surface area contributed by atoms with E-state index < -0.39 is 19.8 Å². The standard InChI is InChI=1S/C20H20NP.3C4H9.Sn/c1-14-15(2)20(17-10-6-4-7-11-17)22-19(14)16(3)21-18-12-8-5-9-13-18;3*1-3-4-2;/h4-13,22H,1-3H3;3*1,3-4H2,2H3;. The molecule has 0 N–H and O–H groups in total. The van der Waals surface area contributed by atoms with Crippen molar-refractivity contribution in [1.29, 1.82) is 0 Å². The maximum absolute atomic E-state index is 4.79.